The second kappa shape index (κ2) is 7.44. The van der Waals surface area contributed by atoms with Crippen molar-refractivity contribution in [3.05, 3.63) is 0 Å². The van der Waals surface area contributed by atoms with Crippen molar-refractivity contribution in [2.45, 2.75) is 44.4 Å². The molecule has 1 rings (SSSR count). The number of aliphatic imine (C=N–C) groups is 1. The lowest BCUT2D eigenvalue weighted by Gasteiger charge is -2.16. The van der Waals surface area contributed by atoms with Crippen molar-refractivity contribution >= 4 is 28.7 Å². The van der Waals surface area contributed by atoms with Gasteiger partial charge in [-0.25, -0.2) is 0 Å². The van der Waals surface area contributed by atoms with E-state index < -0.39 is 0 Å². The first-order chi connectivity index (χ1) is 7.30. The Morgan fingerprint density at radius 3 is 3.00 bits per heavy atom. The first kappa shape index (κ1) is 13.2. The predicted octanol–water partition coefficient (Wildman–Crippen LogP) is 2.99. The molecule has 0 saturated carbocycles. The first-order valence-corrected chi connectivity index (χ1v) is 8.04. The van der Waals surface area contributed by atoms with E-state index in [4.69, 9.17) is 0 Å². The Kier molecular flexibility index (Phi) is 6.57. The van der Waals surface area contributed by atoms with Crippen LogP contribution in [0.1, 0.15) is 33.1 Å². The smallest absolute Gasteiger partial charge is 0.157 e. The van der Waals surface area contributed by atoms with E-state index in [0.29, 0.717) is 6.04 Å². The van der Waals surface area contributed by atoms with Crippen molar-refractivity contribution in [1.29, 1.82) is 0 Å². The van der Waals surface area contributed by atoms with Gasteiger partial charge in [0.2, 0.25) is 0 Å². The maximum atomic E-state index is 4.56. The number of hydrogen-bond acceptors (Lipinski definition) is 4. The van der Waals surface area contributed by atoms with Gasteiger partial charge in [-0.15, -0.1) is 0 Å². The minimum Gasteiger partial charge on any atom is -0.361 e. The Bertz CT molecular complexity index is 207. The monoisotopic (exact) mass is 246 g/mol. The van der Waals surface area contributed by atoms with Crippen molar-refractivity contribution in [3.8, 4) is 0 Å². The molecule has 1 aliphatic rings. The van der Waals surface area contributed by atoms with Crippen molar-refractivity contribution in [1.82, 2.24) is 5.32 Å². The number of hydrogen-bond donors (Lipinski definition) is 1. The highest BCUT2D eigenvalue weighted by molar-refractivity contribution is 8.14. The summed E-state index contributed by atoms with van der Waals surface area (Å²) in [5.74, 6) is 1.18. The zero-order chi connectivity index (χ0) is 11.1. The molecule has 0 fully saturated rings. The third kappa shape index (κ3) is 4.68. The van der Waals surface area contributed by atoms with Crippen molar-refractivity contribution < 1.29 is 0 Å². The van der Waals surface area contributed by atoms with E-state index in [1.165, 1.54) is 30.2 Å². The molecule has 0 aromatic heterocycles. The van der Waals surface area contributed by atoms with Gasteiger partial charge in [0, 0.05) is 17.0 Å². The zero-order valence-corrected chi connectivity index (χ0v) is 11.6. The highest BCUT2D eigenvalue weighted by Crippen LogP contribution is 2.24. The SMILES string of the molecule is CCCC1CN=C(NC(CC)CSC)S1. The van der Waals surface area contributed by atoms with Crippen LogP contribution in [0.3, 0.4) is 0 Å². The van der Waals surface area contributed by atoms with Crippen molar-refractivity contribution in [2.75, 3.05) is 18.6 Å². The van der Waals surface area contributed by atoms with E-state index in [2.05, 4.69) is 30.4 Å². The summed E-state index contributed by atoms with van der Waals surface area (Å²) in [4.78, 5) is 4.56. The maximum Gasteiger partial charge on any atom is 0.157 e. The fourth-order valence-electron chi connectivity index (χ4n) is 1.61. The van der Waals surface area contributed by atoms with Crippen LogP contribution < -0.4 is 5.32 Å². The zero-order valence-electron chi connectivity index (χ0n) is 9.95. The Balaban J connectivity index is 2.27. The van der Waals surface area contributed by atoms with Gasteiger partial charge in [0.25, 0.3) is 0 Å². The third-order valence-electron chi connectivity index (χ3n) is 2.52. The Morgan fingerprint density at radius 2 is 2.40 bits per heavy atom. The first-order valence-electron chi connectivity index (χ1n) is 5.76. The van der Waals surface area contributed by atoms with E-state index in [1.807, 2.05) is 23.5 Å². The lowest BCUT2D eigenvalue weighted by Crippen LogP contribution is -2.34. The second-order valence-corrected chi connectivity index (χ2v) is 6.08. The molecule has 88 valence electrons. The summed E-state index contributed by atoms with van der Waals surface area (Å²) in [6, 6.07) is 0.589. The van der Waals surface area contributed by atoms with Crippen LogP contribution in [0.25, 0.3) is 0 Å². The molecule has 0 bridgehead atoms. The molecule has 0 amide bonds. The normalized spacial score (nSPS) is 22.6. The van der Waals surface area contributed by atoms with E-state index in [-0.39, 0.29) is 0 Å². The van der Waals surface area contributed by atoms with E-state index in [0.717, 1.165) is 11.8 Å². The summed E-state index contributed by atoms with van der Waals surface area (Å²) >= 11 is 3.84. The number of nitrogens with one attached hydrogen (secondary N) is 1. The highest BCUT2D eigenvalue weighted by atomic mass is 32.2. The molecule has 2 unspecified atom stereocenters. The van der Waals surface area contributed by atoms with Gasteiger partial charge >= 0.3 is 0 Å². The van der Waals surface area contributed by atoms with Crippen molar-refractivity contribution in [2.24, 2.45) is 4.99 Å². The molecule has 2 atom stereocenters. The van der Waals surface area contributed by atoms with Crippen LogP contribution in [-0.4, -0.2) is 35.0 Å². The average molecular weight is 246 g/mol. The van der Waals surface area contributed by atoms with E-state index >= 15 is 0 Å². The summed E-state index contributed by atoms with van der Waals surface area (Å²) in [6.45, 7) is 5.49. The Labute approximate surface area is 102 Å². The number of amidine groups is 1. The molecule has 1 N–H and O–H groups in total. The molecule has 1 aliphatic heterocycles. The van der Waals surface area contributed by atoms with Gasteiger partial charge in [-0.1, -0.05) is 32.0 Å². The minimum absolute atomic E-state index is 0.589. The predicted molar refractivity (Wildman–Crippen MR) is 74.2 cm³/mol. The summed E-state index contributed by atoms with van der Waals surface area (Å²) in [7, 11) is 0. The van der Waals surface area contributed by atoms with Crippen LogP contribution >= 0.6 is 23.5 Å². The molecule has 15 heavy (non-hydrogen) atoms. The van der Waals surface area contributed by atoms with Gasteiger partial charge in [0.15, 0.2) is 5.17 Å². The molecule has 2 nitrogen and oxygen atoms in total. The summed E-state index contributed by atoms with van der Waals surface area (Å²) in [6.07, 6.45) is 5.90. The van der Waals surface area contributed by atoms with Gasteiger partial charge in [0.1, 0.15) is 0 Å². The minimum atomic E-state index is 0.589. The lowest BCUT2D eigenvalue weighted by atomic mass is 10.2. The molecule has 0 spiro atoms. The van der Waals surface area contributed by atoms with Crippen LogP contribution in [0, 0.1) is 0 Å². The van der Waals surface area contributed by atoms with Crippen LogP contribution in [0.5, 0.6) is 0 Å². The number of thioether (sulfide) groups is 2. The Morgan fingerprint density at radius 1 is 1.60 bits per heavy atom. The molecule has 0 radical (unpaired) electrons. The summed E-state index contributed by atoms with van der Waals surface area (Å²) in [5.41, 5.74) is 0. The summed E-state index contributed by atoms with van der Waals surface area (Å²) in [5, 5.41) is 5.45. The molecule has 0 aliphatic carbocycles. The molecule has 0 aromatic rings. The van der Waals surface area contributed by atoms with Gasteiger partial charge in [-0.2, -0.15) is 11.8 Å². The molecule has 1 heterocycles. The second-order valence-electron chi connectivity index (χ2n) is 3.88. The molecule has 0 aromatic carbocycles. The largest absolute Gasteiger partial charge is 0.361 e. The van der Waals surface area contributed by atoms with Gasteiger partial charge in [-0.05, 0) is 19.1 Å². The van der Waals surface area contributed by atoms with Crippen LogP contribution in [0.15, 0.2) is 4.99 Å². The standard InChI is InChI=1S/C11H22N2S2/c1-4-6-10-7-12-11(15-10)13-9(5-2)8-14-3/h9-10H,4-8H2,1-3H3,(H,12,13). The van der Waals surface area contributed by atoms with Crippen LogP contribution in [0.2, 0.25) is 0 Å². The maximum absolute atomic E-state index is 4.56. The molecule has 4 heteroatoms. The lowest BCUT2D eigenvalue weighted by molar-refractivity contribution is 0.656. The van der Waals surface area contributed by atoms with Crippen LogP contribution in [-0.2, 0) is 0 Å². The summed E-state index contributed by atoms with van der Waals surface area (Å²) < 4.78 is 0. The Hall–Kier alpha value is 0.170. The fourth-order valence-corrected chi connectivity index (χ4v) is 3.53. The third-order valence-corrected chi connectivity index (χ3v) is 4.44. The molecular formula is C11H22N2S2. The molecular weight excluding hydrogens is 224 g/mol. The quantitative estimate of drug-likeness (QED) is 0.780. The molecule has 0 saturated heterocycles. The number of rotatable bonds is 6. The average Bonchev–Trinajstić information content (AvgIpc) is 2.66. The fraction of sp³-hybridized carbons (Fsp3) is 0.909. The van der Waals surface area contributed by atoms with E-state index in [9.17, 15) is 0 Å². The van der Waals surface area contributed by atoms with Gasteiger partial charge in [-0.3, -0.25) is 4.99 Å². The van der Waals surface area contributed by atoms with Crippen LogP contribution in [0.4, 0.5) is 0 Å². The van der Waals surface area contributed by atoms with Crippen molar-refractivity contribution in [3.63, 3.8) is 0 Å². The van der Waals surface area contributed by atoms with Gasteiger partial charge in [0.05, 0.1) is 6.54 Å². The van der Waals surface area contributed by atoms with E-state index in [1.54, 1.807) is 0 Å². The topological polar surface area (TPSA) is 24.4 Å². The van der Waals surface area contributed by atoms with Gasteiger partial charge < -0.3 is 5.32 Å². The highest BCUT2D eigenvalue weighted by Gasteiger charge is 2.20. The number of nitrogens with zero attached hydrogens (tertiary/aromatic N) is 1.